The molecule has 0 unspecified atom stereocenters. The van der Waals surface area contributed by atoms with Gasteiger partial charge in [0.2, 0.25) is 0 Å². The van der Waals surface area contributed by atoms with E-state index in [9.17, 15) is 0 Å². The first-order valence-corrected chi connectivity index (χ1v) is 6.93. The number of aliphatic imine (C=N–C) groups is 1. The molecule has 0 aromatic heterocycles. The normalized spacial score (nSPS) is 10.8. The number of rotatable bonds is 8. The van der Waals surface area contributed by atoms with Gasteiger partial charge in [-0.25, -0.2) is 0 Å². The van der Waals surface area contributed by atoms with E-state index in [4.69, 9.17) is 10.5 Å². The predicted octanol–water partition coefficient (Wildman–Crippen LogP) is 2.95. The summed E-state index contributed by atoms with van der Waals surface area (Å²) in [5.41, 5.74) is 7.03. The summed E-state index contributed by atoms with van der Waals surface area (Å²) in [7, 11) is 1.69. The number of methoxy groups -OCH3 is 1. The van der Waals surface area contributed by atoms with Gasteiger partial charge in [-0.1, -0.05) is 25.5 Å². The van der Waals surface area contributed by atoms with Gasteiger partial charge in [-0.3, -0.25) is 4.99 Å². The molecule has 0 aliphatic rings. The van der Waals surface area contributed by atoms with Crippen molar-refractivity contribution >= 4 is 29.9 Å². The van der Waals surface area contributed by atoms with Gasteiger partial charge in [0.15, 0.2) is 5.96 Å². The zero-order chi connectivity index (χ0) is 13.9. The quantitative estimate of drug-likeness (QED) is 0.310. The lowest BCUT2D eigenvalue weighted by Gasteiger charge is -2.05. The summed E-state index contributed by atoms with van der Waals surface area (Å²) in [5.74, 6) is 1.46. The molecule has 0 aliphatic carbocycles. The third-order valence-corrected chi connectivity index (χ3v) is 2.88. The average Bonchev–Trinajstić information content (AvgIpc) is 2.44. The van der Waals surface area contributed by atoms with Gasteiger partial charge in [0.25, 0.3) is 0 Å². The molecule has 0 bridgehead atoms. The van der Waals surface area contributed by atoms with Crippen LogP contribution in [0.15, 0.2) is 29.3 Å². The zero-order valence-corrected chi connectivity index (χ0v) is 14.7. The minimum absolute atomic E-state index is 0. The van der Waals surface area contributed by atoms with Crippen molar-refractivity contribution in [1.82, 2.24) is 5.32 Å². The van der Waals surface area contributed by atoms with Crippen LogP contribution in [0, 0.1) is 0 Å². The van der Waals surface area contributed by atoms with Crippen LogP contribution in [0.5, 0.6) is 5.75 Å². The van der Waals surface area contributed by atoms with Crippen LogP contribution in [-0.2, 0) is 6.42 Å². The maximum atomic E-state index is 5.76. The van der Waals surface area contributed by atoms with Crippen molar-refractivity contribution in [2.45, 2.75) is 32.6 Å². The van der Waals surface area contributed by atoms with E-state index >= 15 is 0 Å². The number of nitrogens with one attached hydrogen (secondary N) is 1. The summed E-state index contributed by atoms with van der Waals surface area (Å²) in [4.78, 5) is 4.31. The molecule has 0 saturated heterocycles. The Balaban J connectivity index is 0.00000361. The summed E-state index contributed by atoms with van der Waals surface area (Å²) in [6, 6.07) is 8.14. The van der Waals surface area contributed by atoms with Crippen LogP contribution >= 0.6 is 24.0 Å². The maximum absolute atomic E-state index is 5.76. The molecule has 0 spiro atoms. The van der Waals surface area contributed by atoms with Crippen LogP contribution in [0.4, 0.5) is 0 Å². The van der Waals surface area contributed by atoms with E-state index in [1.165, 1.54) is 5.56 Å². The highest BCUT2D eigenvalue weighted by Gasteiger charge is 1.96. The van der Waals surface area contributed by atoms with Crippen molar-refractivity contribution < 1.29 is 4.74 Å². The van der Waals surface area contributed by atoms with E-state index in [2.05, 4.69) is 29.4 Å². The van der Waals surface area contributed by atoms with Crippen LogP contribution in [0.1, 0.15) is 31.7 Å². The summed E-state index contributed by atoms with van der Waals surface area (Å²) in [6.07, 6.45) is 4.27. The van der Waals surface area contributed by atoms with Gasteiger partial charge >= 0.3 is 0 Å². The highest BCUT2D eigenvalue weighted by molar-refractivity contribution is 14.0. The number of aryl methyl sites for hydroxylation is 1. The number of unbranched alkanes of at least 4 members (excludes halogenated alkanes) is 1. The minimum Gasteiger partial charge on any atom is -0.497 e. The van der Waals surface area contributed by atoms with Gasteiger partial charge in [0.1, 0.15) is 5.75 Å². The molecule has 0 saturated carbocycles. The monoisotopic (exact) mass is 391 g/mol. The van der Waals surface area contributed by atoms with Gasteiger partial charge in [0.05, 0.1) is 7.11 Å². The maximum Gasteiger partial charge on any atom is 0.188 e. The minimum atomic E-state index is 0. The highest BCUT2D eigenvalue weighted by atomic mass is 127. The molecule has 0 amide bonds. The van der Waals surface area contributed by atoms with Crippen molar-refractivity contribution in [2.24, 2.45) is 10.7 Å². The van der Waals surface area contributed by atoms with Crippen LogP contribution in [0.3, 0.4) is 0 Å². The summed E-state index contributed by atoms with van der Waals surface area (Å²) in [6.45, 7) is 3.81. The molecule has 0 fully saturated rings. The number of nitrogens with zero attached hydrogens (tertiary/aromatic N) is 1. The van der Waals surface area contributed by atoms with Gasteiger partial charge in [-0.15, -0.1) is 24.0 Å². The van der Waals surface area contributed by atoms with Crippen LogP contribution in [0.25, 0.3) is 0 Å². The lowest BCUT2D eigenvalue weighted by molar-refractivity contribution is 0.414. The second-order valence-electron chi connectivity index (χ2n) is 4.50. The summed E-state index contributed by atoms with van der Waals surface area (Å²) < 4.78 is 5.20. The Morgan fingerprint density at radius 2 is 2.15 bits per heavy atom. The average molecular weight is 391 g/mol. The van der Waals surface area contributed by atoms with E-state index < -0.39 is 0 Å². The zero-order valence-electron chi connectivity index (χ0n) is 12.4. The number of hydrogen-bond donors (Lipinski definition) is 2. The predicted molar refractivity (Wildman–Crippen MR) is 96.1 cm³/mol. The molecule has 0 heterocycles. The first kappa shape index (κ1) is 19.0. The van der Waals surface area contributed by atoms with Crippen molar-refractivity contribution in [2.75, 3.05) is 20.2 Å². The standard InChI is InChI=1S/C15H25N3O.HI/c1-3-4-10-17-15(16)18-11-6-8-13-7-5-9-14(12-13)19-2;/h5,7,9,12H,3-4,6,8,10-11H2,1-2H3,(H3,16,17,18);1H. The summed E-state index contributed by atoms with van der Waals surface area (Å²) >= 11 is 0. The molecule has 1 rings (SSSR count). The Labute approximate surface area is 139 Å². The second-order valence-corrected chi connectivity index (χ2v) is 4.50. The fraction of sp³-hybridized carbons (Fsp3) is 0.533. The van der Waals surface area contributed by atoms with Crippen molar-refractivity contribution in [3.05, 3.63) is 29.8 Å². The van der Waals surface area contributed by atoms with Crippen molar-refractivity contribution in [1.29, 1.82) is 0 Å². The van der Waals surface area contributed by atoms with E-state index in [1.807, 2.05) is 12.1 Å². The van der Waals surface area contributed by atoms with E-state index in [-0.39, 0.29) is 24.0 Å². The molecular weight excluding hydrogens is 365 g/mol. The summed E-state index contributed by atoms with van der Waals surface area (Å²) in [5, 5.41) is 3.11. The second kappa shape index (κ2) is 11.8. The van der Waals surface area contributed by atoms with Gasteiger partial charge < -0.3 is 15.8 Å². The number of halogens is 1. The number of nitrogens with two attached hydrogens (primary N) is 1. The lowest BCUT2D eigenvalue weighted by atomic mass is 10.1. The van der Waals surface area contributed by atoms with Gasteiger partial charge in [-0.05, 0) is 37.0 Å². The molecule has 114 valence electrons. The third kappa shape index (κ3) is 8.24. The SMILES string of the molecule is CCCCNC(N)=NCCCc1cccc(OC)c1.I. The van der Waals surface area contributed by atoms with Gasteiger partial charge in [-0.2, -0.15) is 0 Å². The fourth-order valence-corrected chi connectivity index (χ4v) is 1.76. The topological polar surface area (TPSA) is 59.6 Å². The third-order valence-electron chi connectivity index (χ3n) is 2.88. The Morgan fingerprint density at radius 3 is 2.85 bits per heavy atom. The molecule has 5 heteroatoms. The molecule has 1 aromatic rings. The fourth-order valence-electron chi connectivity index (χ4n) is 1.76. The van der Waals surface area contributed by atoms with Crippen LogP contribution < -0.4 is 15.8 Å². The van der Waals surface area contributed by atoms with Crippen LogP contribution in [-0.4, -0.2) is 26.2 Å². The van der Waals surface area contributed by atoms with E-state index in [0.29, 0.717) is 5.96 Å². The van der Waals surface area contributed by atoms with Crippen molar-refractivity contribution in [3.63, 3.8) is 0 Å². The largest absolute Gasteiger partial charge is 0.497 e. The number of ether oxygens (including phenoxy) is 1. The Hall–Kier alpha value is -0.980. The first-order valence-electron chi connectivity index (χ1n) is 6.93. The van der Waals surface area contributed by atoms with E-state index in [0.717, 1.165) is 44.5 Å². The molecule has 1 aromatic carbocycles. The molecular formula is C15H26IN3O. The van der Waals surface area contributed by atoms with E-state index in [1.54, 1.807) is 7.11 Å². The lowest BCUT2D eigenvalue weighted by Crippen LogP contribution is -2.32. The first-order chi connectivity index (χ1) is 9.26. The molecule has 4 nitrogen and oxygen atoms in total. The molecule has 3 N–H and O–H groups in total. The van der Waals surface area contributed by atoms with Crippen molar-refractivity contribution in [3.8, 4) is 5.75 Å². The molecule has 0 radical (unpaired) electrons. The number of guanidine groups is 1. The Bertz CT molecular complexity index is 396. The Kier molecular flexibility index (Phi) is 11.2. The number of benzene rings is 1. The molecule has 20 heavy (non-hydrogen) atoms. The molecule has 0 aliphatic heterocycles. The van der Waals surface area contributed by atoms with Crippen LogP contribution in [0.2, 0.25) is 0 Å². The Morgan fingerprint density at radius 1 is 1.35 bits per heavy atom. The number of hydrogen-bond acceptors (Lipinski definition) is 2. The highest BCUT2D eigenvalue weighted by Crippen LogP contribution is 2.13. The van der Waals surface area contributed by atoms with Gasteiger partial charge in [0, 0.05) is 13.1 Å². The molecule has 0 atom stereocenters. The smallest absolute Gasteiger partial charge is 0.188 e.